The van der Waals surface area contributed by atoms with Crippen LogP contribution in [-0.2, 0) is 0 Å². The third kappa shape index (κ3) is 4.81. The maximum atomic E-state index is 5.35. The van der Waals surface area contributed by atoms with E-state index in [4.69, 9.17) is 14.2 Å². The lowest BCUT2D eigenvalue weighted by Gasteiger charge is -2.07. The molecule has 0 spiro atoms. The smallest absolute Gasteiger partial charge is 0.325 e. The van der Waals surface area contributed by atoms with Crippen LogP contribution in [0.5, 0.6) is 18.0 Å². The van der Waals surface area contributed by atoms with E-state index in [1.165, 1.54) is 14.2 Å². The molecule has 0 saturated heterocycles. The summed E-state index contributed by atoms with van der Waals surface area (Å²) in [7, 11) is 2.95. The van der Waals surface area contributed by atoms with Crippen LogP contribution in [0.4, 0.5) is 0 Å². The summed E-state index contributed by atoms with van der Waals surface area (Å²) in [6, 6.07) is 0.550. The normalized spacial score (nSPS) is 10.1. The van der Waals surface area contributed by atoms with Crippen molar-refractivity contribution in [2.24, 2.45) is 0 Å². The zero-order valence-electron chi connectivity index (χ0n) is 10.4. The molecule has 0 atom stereocenters. The fourth-order valence-corrected chi connectivity index (χ4v) is 1.08. The fraction of sp³-hybridized carbons (Fsp3) is 0.700. The molecular weight excluding hydrogens is 224 g/mol. The van der Waals surface area contributed by atoms with Crippen molar-refractivity contribution < 1.29 is 14.2 Å². The van der Waals surface area contributed by atoms with E-state index in [-0.39, 0.29) is 18.0 Å². The molecule has 7 heteroatoms. The van der Waals surface area contributed by atoms with E-state index < -0.39 is 0 Å². The average molecular weight is 242 g/mol. The van der Waals surface area contributed by atoms with E-state index >= 15 is 0 Å². The molecule has 0 aliphatic heterocycles. The second kappa shape index (κ2) is 7.61. The summed E-state index contributed by atoms with van der Waals surface area (Å²) in [6.45, 7) is 4.29. The third-order valence-corrected chi connectivity index (χ3v) is 1.88. The average Bonchev–Trinajstić information content (AvgIpc) is 2.38. The SMILES string of the molecule is CCCNCCOc1nc(OC)nc(OC)n1. The van der Waals surface area contributed by atoms with Crippen molar-refractivity contribution in [2.75, 3.05) is 33.9 Å². The summed E-state index contributed by atoms with van der Waals surface area (Å²) in [5, 5.41) is 3.20. The van der Waals surface area contributed by atoms with Crippen LogP contribution in [-0.4, -0.2) is 48.9 Å². The lowest BCUT2D eigenvalue weighted by molar-refractivity contribution is 0.266. The van der Waals surface area contributed by atoms with Crippen LogP contribution < -0.4 is 19.5 Å². The fourth-order valence-electron chi connectivity index (χ4n) is 1.08. The second-order valence-corrected chi connectivity index (χ2v) is 3.19. The standard InChI is InChI=1S/C10H18N4O3/c1-4-5-11-6-7-17-10-13-8(15-2)12-9(14-10)16-3/h11H,4-7H2,1-3H3. The maximum Gasteiger partial charge on any atom is 0.325 e. The van der Waals surface area contributed by atoms with Gasteiger partial charge in [-0.3, -0.25) is 0 Å². The predicted octanol–water partition coefficient (Wildman–Crippen LogP) is 0.267. The number of methoxy groups -OCH3 is 2. The molecule has 1 aromatic heterocycles. The van der Waals surface area contributed by atoms with Crippen LogP contribution in [0.1, 0.15) is 13.3 Å². The number of hydrogen-bond donors (Lipinski definition) is 1. The Hall–Kier alpha value is -1.63. The zero-order chi connectivity index (χ0) is 12.5. The van der Waals surface area contributed by atoms with Gasteiger partial charge in [0, 0.05) is 6.54 Å². The molecule has 0 saturated carbocycles. The van der Waals surface area contributed by atoms with Crippen LogP contribution in [0.15, 0.2) is 0 Å². The van der Waals surface area contributed by atoms with E-state index in [2.05, 4.69) is 27.2 Å². The van der Waals surface area contributed by atoms with Crippen molar-refractivity contribution in [3.05, 3.63) is 0 Å². The van der Waals surface area contributed by atoms with Gasteiger partial charge in [0.2, 0.25) is 0 Å². The van der Waals surface area contributed by atoms with Gasteiger partial charge in [0.1, 0.15) is 6.61 Å². The molecule has 17 heavy (non-hydrogen) atoms. The Balaban J connectivity index is 2.46. The first-order valence-corrected chi connectivity index (χ1v) is 5.47. The van der Waals surface area contributed by atoms with Crippen molar-refractivity contribution in [3.8, 4) is 18.0 Å². The summed E-state index contributed by atoms with van der Waals surface area (Å²) in [5.74, 6) is 0. The molecule has 1 heterocycles. The molecule has 0 aliphatic carbocycles. The van der Waals surface area contributed by atoms with Gasteiger partial charge in [0.05, 0.1) is 14.2 Å². The van der Waals surface area contributed by atoms with Gasteiger partial charge in [0.25, 0.3) is 0 Å². The maximum absolute atomic E-state index is 5.35. The van der Waals surface area contributed by atoms with Crippen molar-refractivity contribution in [2.45, 2.75) is 13.3 Å². The molecule has 0 unspecified atom stereocenters. The number of hydrogen-bond acceptors (Lipinski definition) is 7. The molecule has 1 N–H and O–H groups in total. The predicted molar refractivity (Wildman–Crippen MR) is 61.6 cm³/mol. The van der Waals surface area contributed by atoms with E-state index in [0.717, 1.165) is 19.5 Å². The van der Waals surface area contributed by atoms with Gasteiger partial charge in [-0.05, 0) is 13.0 Å². The minimum absolute atomic E-state index is 0.174. The highest BCUT2D eigenvalue weighted by Crippen LogP contribution is 2.13. The van der Waals surface area contributed by atoms with Crippen LogP contribution in [0.3, 0.4) is 0 Å². The Morgan fingerprint density at radius 3 is 2.06 bits per heavy atom. The minimum atomic E-state index is 0.174. The summed E-state index contributed by atoms with van der Waals surface area (Å²) < 4.78 is 15.2. The van der Waals surface area contributed by atoms with Crippen LogP contribution in [0.2, 0.25) is 0 Å². The Bertz CT molecular complexity index is 313. The summed E-state index contributed by atoms with van der Waals surface area (Å²) >= 11 is 0. The van der Waals surface area contributed by atoms with Gasteiger partial charge in [-0.1, -0.05) is 6.92 Å². The first-order chi connectivity index (χ1) is 8.30. The monoisotopic (exact) mass is 242 g/mol. The van der Waals surface area contributed by atoms with Crippen molar-refractivity contribution in [1.82, 2.24) is 20.3 Å². The Labute approximate surface area is 101 Å². The van der Waals surface area contributed by atoms with E-state index in [1.54, 1.807) is 0 Å². The summed E-state index contributed by atoms with van der Waals surface area (Å²) in [6.07, 6.45) is 1.09. The Kier molecular flexibility index (Phi) is 6.02. The number of nitrogens with one attached hydrogen (secondary N) is 1. The van der Waals surface area contributed by atoms with Gasteiger partial charge in [0.15, 0.2) is 0 Å². The molecule has 1 aromatic rings. The van der Waals surface area contributed by atoms with E-state index in [0.29, 0.717) is 6.61 Å². The lowest BCUT2D eigenvalue weighted by atomic mass is 10.5. The topological polar surface area (TPSA) is 78.4 Å². The highest BCUT2D eigenvalue weighted by Gasteiger charge is 2.07. The van der Waals surface area contributed by atoms with Crippen LogP contribution in [0.25, 0.3) is 0 Å². The molecule has 0 radical (unpaired) electrons. The zero-order valence-corrected chi connectivity index (χ0v) is 10.4. The molecule has 96 valence electrons. The lowest BCUT2D eigenvalue weighted by Crippen LogP contribution is -2.22. The quantitative estimate of drug-likeness (QED) is 0.655. The highest BCUT2D eigenvalue weighted by molar-refractivity contribution is 5.08. The first kappa shape index (κ1) is 13.4. The van der Waals surface area contributed by atoms with Gasteiger partial charge >= 0.3 is 18.0 Å². The molecule has 7 nitrogen and oxygen atoms in total. The number of ether oxygens (including phenoxy) is 3. The number of aromatic nitrogens is 3. The van der Waals surface area contributed by atoms with Crippen LogP contribution >= 0.6 is 0 Å². The van der Waals surface area contributed by atoms with Crippen LogP contribution in [0, 0.1) is 0 Å². The largest absolute Gasteiger partial charge is 0.467 e. The van der Waals surface area contributed by atoms with Crippen molar-refractivity contribution in [3.63, 3.8) is 0 Å². The molecule has 0 aliphatic rings. The molecule has 0 amide bonds. The van der Waals surface area contributed by atoms with E-state index in [9.17, 15) is 0 Å². The molecular formula is C10H18N4O3. The Morgan fingerprint density at radius 2 is 1.53 bits per heavy atom. The second-order valence-electron chi connectivity index (χ2n) is 3.19. The van der Waals surface area contributed by atoms with Gasteiger partial charge < -0.3 is 19.5 Å². The number of rotatable bonds is 8. The minimum Gasteiger partial charge on any atom is -0.467 e. The third-order valence-electron chi connectivity index (χ3n) is 1.88. The van der Waals surface area contributed by atoms with Crippen molar-refractivity contribution >= 4 is 0 Å². The van der Waals surface area contributed by atoms with E-state index in [1.807, 2.05) is 0 Å². The first-order valence-electron chi connectivity index (χ1n) is 5.47. The van der Waals surface area contributed by atoms with Gasteiger partial charge in [-0.15, -0.1) is 15.0 Å². The van der Waals surface area contributed by atoms with Gasteiger partial charge in [-0.2, -0.15) is 0 Å². The summed E-state index contributed by atoms with van der Waals surface area (Å²) in [5.41, 5.74) is 0. The van der Waals surface area contributed by atoms with Gasteiger partial charge in [-0.25, -0.2) is 0 Å². The number of nitrogens with zero attached hydrogens (tertiary/aromatic N) is 3. The van der Waals surface area contributed by atoms with Crippen molar-refractivity contribution in [1.29, 1.82) is 0 Å². The molecule has 1 rings (SSSR count). The molecule has 0 bridgehead atoms. The highest BCUT2D eigenvalue weighted by atomic mass is 16.5. The molecule has 0 fully saturated rings. The Morgan fingerprint density at radius 1 is 0.941 bits per heavy atom. The molecule has 0 aromatic carbocycles. The summed E-state index contributed by atoms with van der Waals surface area (Å²) in [4.78, 5) is 11.8.